The lowest BCUT2D eigenvalue weighted by Gasteiger charge is -2.24. The molecule has 0 aliphatic heterocycles. The van der Waals surface area contributed by atoms with Gasteiger partial charge in [-0.2, -0.15) is 0 Å². The Morgan fingerprint density at radius 1 is 1.05 bits per heavy atom. The molecule has 0 saturated carbocycles. The van der Waals surface area contributed by atoms with Gasteiger partial charge >= 0.3 is 0 Å². The Balaban J connectivity index is 2.27. The highest BCUT2D eigenvalue weighted by Crippen LogP contribution is 2.30. The number of nitrogens with one attached hydrogen (secondary N) is 1. The van der Waals surface area contributed by atoms with E-state index in [9.17, 15) is 0 Å². The van der Waals surface area contributed by atoms with Crippen LogP contribution in [0.2, 0.25) is 5.02 Å². The molecule has 1 atom stereocenters. The molecule has 2 rings (SSSR count). The summed E-state index contributed by atoms with van der Waals surface area (Å²) in [4.78, 5) is 0. The van der Waals surface area contributed by atoms with Crippen LogP contribution in [-0.2, 0) is 0 Å². The van der Waals surface area contributed by atoms with E-state index in [2.05, 4.69) is 66.0 Å². The summed E-state index contributed by atoms with van der Waals surface area (Å²) in [5, 5.41) is 4.40. The largest absolute Gasteiger partial charge is 0.377 e. The van der Waals surface area contributed by atoms with E-state index >= 15 is 0 Å². The molecule has 0 aromatic heterocycles. The third-order valence-electron chi connectivity index (χ3n) is 3.07. The summed E-state index contributed by atoms with van der Waals surface area (Å²) < 4.78 is 1.15. The lowest BCUT2D eigenvalue weighted by molar-refractivity contribution is 0.546. The molecule has 100 valence electrons. The van der Waals surface area contributed by atoms with Crippen molar-refractivity contribution < 1.29 is 0 Å². The minimum absolute atomic E-state index is 0.302. The van der Waals surface area contributed by atoms with Crippen LogP contribution in [0.15, 0.2) is 48.5 Å². The van der Waals surface area contributed by atoms with Gasteiger partial charge in [0, 0.05) is 14.3 Å². The van der Waals surface area contributed by atoms with Gasteiger partial charge in [0.1, 0.15) is 0 Å². The number of halogens is 2. The first kappa shape index (κ1) is 14.7. The van der Waals surface area contributed by atoms with Crippen molar-refractivity contribution >= 4 is 39.9 Å². The molecule has 0 fully saturated rings. The van der Waals surface area contributed by atoms with E-state index in [-0.39, 0.29) is 0 Å². The average Bonchev–Trinajstić information content (AvgIpc) is 2.38. The fraction of sp³-hybridized carbons (Fsp3) is 0.250. The summed E-state index contributed by atoms with van der Waals surface area (Å²) in [6.07, 6.45) is 0. The maximum Gasteiger partial charge on any atom is 0.0537 e. The molecule has 0 radical (unpaired) electrons. The van der Waals surface area contributed by atoms with Crippen LogP contribution in [0, 0.1) is 9.49 Å². The van der Waals surface area contributed by atoms with Crippen molar-refractivity contribution in [3.8, 4) is 0 Å². The van der Waals surface area contributed by atoms with Crippen LogP contribution in [0.1, 0.15) is 25.5 Å². The van der Waals surface area contributed by atoms with Gasteiger partial charge in [-0.1, -0.05) is 55.8 Å². The molecule has 2 aromatic carbocycles. The zero-order valence-electron chi connectivity index (χ0n) is 11.0. The van der Waals surface area contributed by atoms with E-state index in [1.165, 1.54) is 5.56 Å². The molecule has 19 heavy (non-hydrogen) atoms. The number of benzene rings is 2. The van der Waals surface area contributed by atoms with Crippen molar-refractivity contribution in [1.29, 1.82) is 0 Å². The maximum atomic E-state index is 6.00. The van der Waals surface area contributed by atoms with Gasteiger partial charge in [-0.05, 0) is 52.3 Å². The highest BCUT2D eigenvalue weighted by Gasteiger charge is 2.16. The van der Waals surface area contributed by atoms with Crippen LogP contribution >= 0.6 is 34.2 Å². The highest BCUT2D eigenvalue weighted by molar-refractivity contribution is 14.1. The third kappa shape index (κ3) is 3.86. The van der Waals surface area contributed by atoms with Crippen LogP contribution in [0.5, 0.6) is 0 Å². The van der Waals surface area contributed by atoms with Gasteiger partial charge in [-0.25, -0.2) is 0 Å². The lowest BCUT2D eigenvalue weighted by atomic mass is 9.96. The van der Waals surface area contributed by atoms with E-state index < -0.39 is 0 Å². The summed E-state index contributed by atoms with van der Waals surface area (Å²) in [6, 6.07) is 16.8. The summed E-state index contributed by atoms with van der Waals surface area (Å²) >= 11 is 8.32. The summed E-state index contributed by atoms with van der Waals surface area (Å²) in [5.41, 5.74) is 2.44. The number of hydrogen-bond acceptors (Lipinski definition) is 1. The van der Waals surface area contributed by atoms with Gasteiger partial charge in [0.05, 0.1) is 6.04 Å². The van der Waals surface area contributed by atoms with Crippen LogP contribution in [0.3, 0.4) is 0 Å². The van der Waals surface area contributed by atoms with E-state index in [1.54, 1.807) is 0 Å². The number of hydrogen-bond donors (Lipinski definition) is 1. The quantitative estimate of drug-likeness (QED) is 0.660. The Kier molecular flexibility index (Phi) is 5.11. The van der Waals surface area contributed by atoms with Crippen LogP contribution in [0.4, 0.5) is 5.69 Å². The molecule has 0 bridgehead atoms. The van der Waals surface area contributed by atoms with E-state index in [1.807, 2.05) is 24.3 Å². The first-order chi connectivity index (χ1) is 9.08. The topological polar surface area (TPSA) is 12.0 Å². The predicted molar refractivity (Wildman–Crippen MR) is 91.8 cm³/mol. The molecule has 1 N–H and O–H groups in total. The molecule has 1 nitrogen and oxygen atoms in total. The Morgan fingerprint density at radius 3 is 2.32 bits per heavy atom. The normalized spacial score (nSPS) is 12.5. The molecule has 0 amide bonds. The Bertz CT molecular complexity index is 540. The second-order valence-electron chi connectivity index (χ2n) is 4.90. The summed E-state index contributed by atoms with van der Waals surface area (Å²) in [6.45, 7) is 4.46. The van der Waals surface area contributed by atoms with Gasteiger partial charge in [0.2, 0.25) is 0 Å². The molecule has 2 aromatic rings. The summed E-state index contributed by atoms with van der Waals surface area (Å²) in [7, 11) is 0. The van der Waals surface area contributed by atoms with Gasteiger partial charge in [-0.3, -0.25) is 0 Å². The van der Waals surface area contributed by atoms with Gasteiger partial charge < -0.3 is 5.32 Å². The van der Waals surface area contributed by atoms with E-state index in [0.29, 0.717) is 12.0 Å². The minimum atomic E-state index is 0.302. The van der Waals surface area contributed by atoms with Crippen molar-refractivity contribution in [1.82, 2.24) is 0 Å². The molecule has 0 spiro atoms. The number of rotatable bonds is 4. The fourth-order valence-corrected chi connectivity index (χ4v) is 3.10. The zero-order valence-corrected chi connectivity index (χ0v) is 13.9. The monoisotopic (exact) mass is 385 g/mol. The molecule has 1 unspecified atom stereocenters. The fourth-order valence-electron chi connectivity index (χ4n) is 2.07. The highest BCUT2D eigenvalue weighted by atomic mass is 127. The first-order valence-corrected chi connectivity index (χ1v) is 7.80. The first-order valence-electron chi connectivity index (χ1n) is 6.34. The van der Waals surface area contributed by atoms with Gasteiger partial charge in [0.25, 0.3) is 0 Å². The molecule has 3 heteroatoms. The van der Waals surface area contributed by atoms with Crippen LogP contribution in [-0.4, -0.2) is 0 Å². The molecule has 0 aliphatic carbocycles. The van der Waals surface area contributed by atoms with Gasteiger partial charge in [-0.15, -0.1) is 0 Å². The van der Waals surface area contributed by atoms with Gasteiger partial charge in [0.15, 0.2) is 0 Å². The Hall–Kier alpha value is -0.740. The van der Waals surface area contributed by atoms with Crippen LogP contribution < -0.4 is 5.32 Å². The predicted octanol–water partition coefficient (Wildman–Crippen LogP) is 5.75. The van der Waals surface area contributed by atoms with E-state index in [4.69, 9.17) is 11.6 Å². The van der Waals surface area contributed by atoms with E-state index in [0.717, 1.165) is 14.3 Å². The zero-order chi connectivity index (χ0) is 13.8. The van der Waals surface area contributed by atoms with Crippen molar-refractivity contribution in [2.75, 3.05) is 5.32 Å². The second-order valence-corrected chi connectivity index (χ2v) is 6.50. The van der Waals surface area contributed by atoms with Crippen molar-refractivity contribution in [3.63, 3.8) is 0 Å². The van der Waals surface area contributed by atoms with Crippen molar-refractivity contribution in [2.24, 2.45) is 5.92 Å². The van der Waals surface area contributed by atoms with Crippen molar-refractivity contribution in [3.05, 3.63) is 62.7 Å². The standard InChI is InChI=1S/C16H17ClIN/c1-11(2)16(12-6-4-3-5-7-12)19-15-9-8-13(17)10-14(15)18/h3-11,16,19H,1-2H3. The molecule has 0 aliphatic rings. The maximum absolute atomic E-state index is 6.00. The van der Waals surface area contributed by atoms with Crippen molar-refractivity contribution in [2.45, 2.75) is 19.9 Å². The third-order valence-corrected chi connectivity index (χ3v) is 4.20. The van der Waals surface area contributed by atoms with Crippen LogP contribution in [0.25, 0.3) is 0 Å². The average molecular weight is 386 g/mol. The Morgan fingerprint density at radius 2 is 1.74 bits per heavy atom. The molecular weight excluding hydrogens is 369 g/mol. The minimum Gasteiger partial charge on any atom is -0.377 e. The second kappa shape index (κ2) is 6.62. The molecule has 0 heterocycles. The Labute approximate surface area is 133 Å². The lowest BCUT2D eigenvalue weighted by Crippen LogP contribution is -2.17. The smallest absolute Gasteiger partial charge is 0.0537 e. The molecule has 0 saturated heterocycles. The summed E-state index contributed by atoms with van der Waals surface area (Å²) in [5.74, 6) is 0.508. The SMILES string of the molecule is CC(C)C(Nc1ccc(Cl)cc1I)c1ccccc1. The molecular formula is C16H17ClIN. The number of anilines is 1.